The maximum Gasteiger partial charge on any atom is 0.256 e. The van der Waals surface area contributed by atoms with Crippen LogP contribution in [0.5, 0.6) is 0 Å². The van der Waals surface area contributed by atoms with E-state index < -0.39 is 11.9 Å². The zero-order valence-electron chi connectivity index (χ0n) is 20.2. The molecule has 1 aromatic heterocycles. The number of carbonyl (C=O) groups is 1. The molecule has 35 heavy (non-hydrogen) atoms. The lowest BCUT2D eigenvalue weighted by Crippen LogP contribution is -2.40. The molecule has 2 aliphatic carbocycles. The van der Waals surface area contributed by atoms with Gasteiger partial charge in [-0.1, -0.05) is 25.8 Å². The third kappa shape index (κ3) is 5.39. The Kier molecular flexibility index (Phi) is 7.53. The second-order valence-corrected chi connectivity index (χ2v) is 9.85. The maximum atomic E-state index is 14.0. The van der Waals surface area contributed by atoms with Crippen LogP contribution in [0, 0.1) is 34.4 Å². The molecule has 0 bridgehead atoms. The minimum absolute atomic E-state index is 0.0324. The first-order chi connectivity index (χ1) is 16.8. The number of pyridine rings is 1. The summed E-state index contributed by atoms with van der Waals surface area (Å²) in [6, 6.07) is 9.03. The minimum Gasteiger partial charge on any atom is -0.349 e. The maximum absolute atomic E-state index is 14.0. The minimum atomic E-state index is -0.757. The van der Waals surface area contributed by atoms with E-state index in [9.17, 15) is 13.6 Å². The molecule has 1 amide bonds. The summed E-state index contributed by atoms with van der Waals surface area (Å²) in [4.78, 5) is 21.1. The number of amides is 1. The van der Waals surface area contributed by atoms with Crippen LogP contribution >= 0.6 is 0 Å². The molecule has 2 aliphatic rings. The van der Waals surface area contributed by atoms with Gasteiger partial charge in [-0.15, -0.1) is 0 Å². The molecule has 1 heterocycles. The number of halogens is 2. The molecule has 4 atom stereocenters. The highest BCUT2D eigenvalue weighted by atomic mass is 19.1. The Morgan fingerprint density at radius 1 is 1.31 bits per heavy atom. The average Bonchev–Trinajstić information content (AvgIpc) is 3.15. The van der Waals surface area contributed by atoms with Crippen molar-refractivity contribution in [3.8, 4) is 0 Å². The second kappa shape index (κ2) is 10.6. The molecule has 0 saturated heterocycles. The normalized spacial score (nSPS) is 25.6. The van der Waals surface area contributed by atoms with E-state index in [1.165, 1.54) is 36.2 Å². The fourth-order valence-corrected chi connectivity index (χ4v) is 5.64. The molecule has 1 saturated carbocycles. The van der Waals surface area contributed by atoms with Crippen molar-refractivity contribution >= 4 is 23.5 Å². The van der Waals surface area contributed by atoms with Gasteiger partial charge >= 0.3 is 0 Å². The smallest absolute Gasteiger partial charge is 0.256 e. The highest BCUT2D eigenvalue weighted by Crippen LogP contribution is 2.55. The number of nitrogens with zero attached hydrogens (tertiary/aromatic N) is 2. The summed E-state index contributed by atoms with van der Waals surface area (Å²) in [5, 5.41) is 11.1. The van der Waals surface area contributed by atoms with Crippen molar-refractivity contribution in [1.82, 2.24) is 10.3 Å². The van der Waals surface area contributed by atoms with Gasteiger partial charge in [0.2, 0.25) is 5.95 Å². The molecule has 2 N–H and O–H groups in total. The summed E-state index contributed by atoms with van der Waals surface area (Å²) >= 11 is 0. The van der Waals surface area contributed by atoms with E-state index in [2.05, 4.69) is 30.2 Å². The molecular formula is C28H32F2N4O. The fourth-order valence-electron chi connectivity index (χ4n) is 5.64. The van der Waals surface area contributed by atoms with Crippen LogP contribution in [0.15, 0.2) is 59.2 Å². The lowest BCUT2D eigenvalue weighted by Gasteiger charge is -2.40. The van der Waals surface area contributed by atoms with Crippen LogP contribution in [0.1, 0.15) is 62.7 Å². The summed E-state index contributed by atoms with van der Waals surface area (Å²) in [5.41, 5.74) is 2.71. The number of carbonyl (C=O) groups excluding carboxylic acids is 1. The highest BCUT2D eigenvalue weighted by molar-refractivity contribution is 6.08. The van der Waals surface area contributed by atoms with Gasteiger partial charge in [-0.25, -0.2) is 9.37 Å². The van der Waals surface area contributed by atoms with Gasteiger partial charge in [-0.3, -0.25) is 9.79 Å². The first-order valence-electron chi connectivity index (χ1n) is 12.3. The standard InChI is InChI=1S/C28H32F2N4O/c1-3-5-23(34-27(35)24-6-4-13-32-26(24)30)14-19-7-8-20-15-25(18(17-31)16-28(19,20)2)33-22-11-9-21(29)10-12-22/h4,6,9-13,15,17-19,23,31H,3,5,7-8,14,16H2,1-2H3,(H,34,35). The number of hydrogen-bond donors (Lipinski definition) is 2. The van der Waals surface area contributed by atoms with Crippen molar-refractivity contribution in [3.05, 3.63) is 71.6 Å². The van der Waals surface area contributed by atoms with Gasteiger partial charge in [-0.05, 0) is 85.9 Å². The summed E-state index contributed by atoms with van der Waals surface area (Å²) < 4.78 is 27.3. The molecule has 1 aromatic carbocycles. The Hall–Kier alpha value is -3.22. The third-order valence-corrected chi connectivity index (χ3v) is 7.57. The lowest BCUT2D eigenvalue weighted by atomic mass is 9.65. The van der Waals surface area contributed by atoms with Gasteiger partial charge in [0.05, 0.1) is 11.3 Å². The predicted molar refractivity (Wildman–Crippen MR) is 134 cm³/mol. The Morgan fingerprint density at radius 3 is 2.77 bits per heavy atom. The van der Waals surface area contributed by atoms with Crippen molar-refractivity contribution in [3.63, 3.8) is 0 Å². The largest absolute Gasteiger partial charge is 0.349 e. The zero-order chi connectivity index (χ0) is 25.0. The summed E-state index contributed by atoms with van der Waals surface area (Å²) in [5.74, 6) is -1.28. The van der Waals surface area contributed by atoms with E-state index in [1.807, 2.05) is 0 Å². The number of rotatable bonds is 8. The number of fused-ring (bicyclic) bond motifs is 1. The zero-order valence-corrected chi connectivity index (χ0v) is 20.2. The second-order valence-electron chi connectivity index (χ2n) is 9.85. The monoisotopic (exact) mass is 478 g/mol. The number of allylic oxidation sites excluding steroid dienone is 2. The van der Waals surface area contributed by atoms with E-state index in [4.69, 9.17) is 10.4 Å². The SMILES string of the molecule is CCCC(CC1CCC2=CC(=Nc3ccc(F)cc3)C(C=N)CC21C)NC(=O)c1cccnc1F. The average molecular weight is 479 g/mol. The molecule has 5 nitrogen and oxygen atoms in total. The van der Waals surface area contributed by atoms with Crippen LogP contribution in [-0.2, 0) is 0 Å². The van der Waals surface area contributed by atoms with Crippen molar-refractivity contribution in [2.75, 3.05) is 0 Å². The molecule has 7 heteroatoms. The van der Waals surface area contributed by atoms with Crippen LogP contribution in [0.2, 0.25) is 0 Å². The first-order valence-corrected chi connectivity index (χ1v) is 12.3. The van der Waals surface area contributed by atoms with E-state index in [1.54, 1.807) is 18.2 Å². The molecule has 4 rings (SSSR count). The predicted octanol–water partition coefficient (Wildman–Crippen LogP) is 6.43. The van der Waals surface area contributed by atoms with Gasteiger partial charge < -0.3 is 10.7 Å². The number of aliphatic imine (C=N–C) groups is 1. The number of nitrogens with one attached hydrogen (secondary N) is 2. The summed E-state index contributed by atoms with van der Waals surface area (Å²) in [6.07, 6.45) is 10.1. The van der Waals surface area contributed by atoms with Crippen molar-refractivity contribution < 1.29 is 13.6 Å². The van der Waals surface area contributed by atoms with Crippen LogP contribution in [0.25, 0.3) is 0 Å². The van der Waals surface area contributed by atoms with Crippen LogP contribution in [0.4, 0.5) is 14.5 Å². The number of hydrogen-bond acceptors (Lipinski definition) is 4. The molecule has 2 aromatic rings. The topological polar surface area (TPSA) is 78.2 Å². The molecule has 0 radical (unpaired) electrons. The van der Waals surface area contributed by atoms with Crippen molar-refractivity contribution in [2.24, 2.45) is 22.2 Å². The number of benzene rings is 1. The summed E-state index contributed by atoms with van der Waals surface area (Å²) in [6.45, 7) is 4.34. The summed E-state index contributed by atoms with van der Waals surface area (Å²) in [7, 11) is 0. The fraction of sp³-hybridized carbons (Fsp3) is 0.429. The molecule has 0 spiro atoms. The highest BCUT2D eigenvalue weighted by Gasteiger charge is 2.47. The molecule has 1 fully saturated rings. The van der Waals surface area contributed by atoms with E-state index in [0.717, 1.165) is 44.2 Å². The van der Waals surface area contributed by atoms with Crippen molar-refractivity contribution in [2.45, 2.75) is 58.4 Å². The lowest BCUT2D eigenvalue weighted by molar-refractivity contribution is 0.0914. The van der Waals surface area contributed by atoms with E-state index in [-0.39, 0.29) is 28.8 Å². The quantitative estimate of drug-likeness (QED) is 0.339. The third-order valence-electron chi connectivity index (χ3n) is 7.57. The first kappa shape index (κ1) is 24.9. The van der Waals surface area contributed by atoms with Crippen LogP contribution < -0.4 is 5.32 Å². The van der Waals surface area contributed by atoms with Crippen molar-refractivity contribution in [1.29, 1.82) is 5.41 Å². The van der Waals surface area contributed by atoms with E-state index in [0.29, 0.717) is 11.6 Å². The van der Waals surface area contributed by atoms with Crippen LogP contribution in [0.3, 0.4) is 0 Å². The van der Waals surface area contributed by atoms with Gasteiger partial charge in [0, 0.05) is 30.1 Å². The Balaban J connectivity index is 1.53. The van der Waals surface area contributed by atoms with Gasteiger partial charge in [0.15, 0.2) is 0 Å². The number of aromatic nitrogens is 1. The van der Waals surface area contributed by atoms with E-state index >= 15 is 0 Å². The molecule has 184 valence electrons. The van der Waals surface area contributed by atoms with Crippen LogP contribution in [-0.4, -0.2) is 28.9 Å². The van der Waals surface area contributed by atoms with Gasteiger partial charge in [0.1, 0.15) is 5.82 Å². The Labute approximate surface area is 205 Å². The Bertz CT molecular complexity index is 1140. The van der Waals surface area contributed by atoms with Gasteiger partial charge in [-0.2, -0.15) is 4.39 Å². The molecule has 0 aliphatic heterocycles. The molecular weight excluding hydrogens is 446 g/mol. The Morgan fingerprint density at radius 2 is 2.09 bits per heavy atom. The van der Waals surface area contributed by atoms with Gasteiger partial charge in [0.25, 0.3) is 5.91 Å². The molecule has 4 unspecified atom stereocenters.